The van der Waals surface area contributed by atoms with E-state index in [2.05, 4.69) is 4.98 Å². The lowest BCUT2D eigenvalue weighted by Gasteiger charge is -2.24. The van der Waals surface area contributed by atoms with Gasteiger partial charge in [0.1, 0.15) is 0 Å². The molecule has 4 rings (SSSR count). The topological polar surface area (TPSA) is 53.5 Å². The molecule has 1 atom stereocenters. The van der Waals surface area contributed by atoms with Crippen molar-refractivity contribution in [2.75, 3.05) is 24.5 Å². The second-order valence-corrected chi connectivity index (χ2v) is 7.03. The molecule has 2 aliphatic heterocycles. The van der Waals surface area contributed by atoms with Crippen LogP contribution < -0.4 is 4.90 Å². The number of anilines is 1. The predicted octanol–water partition coefficient (Wildman–Crippen LogP) is 2.29. The molecule has 118 valence electrons. The van der Waals surface area contributed by atoms with Crippen LogP contribution >= 0.6 is 11.3 Å². The first-order valence-corrected chi connectivity index (χ1v) is 8.60. The second-order valence-electron chi connectivity index (χ2n) is 6.25. The van der Waals surface area contributed by atoms with E-state index in [1.54, 1.807) is 13.1 Å². The van der Waals surface area contributed by atoms with Crippen molar-refractivity contribution in [2.45, 2.75) is 18.8 Å². The lowest BCUT2D eigenvalue weighted by Crippen LogP contribution is -2.40. The molecule has 23 heavy (non-hydrogen) atoms. The Morgan fingerprint density at radius 1 is 1.30 bits per heavy atom. The van der Waals surface area contributed by atoms with Crippen molar-refractivity contribution in [1.29, 1.82) is 0 Å². The van der Waals surface area contributed by atoms with Crippen LogP contribution in [0.15, 0.2) is 35.2 Å². The molecule has 2 amide bonds. The van der Waals surface area contributed by atoms with Gasteiger partial charge in [-0.05, 0) is 30.0 Å². The molecule has 1 unspecified atom stereocenters. The van der Waals surface area contributed by atoms with Crippen LogP contribution in [0.3, 0.4) is 0 Å². The molecule has 0 saturated carbocycles. The molecule has 2 aliphatic rings. The average molecular weight is 327 g/mol. The summed E-state index contributed by atoms with van der Waals surface area (Å²) in [4.78, 5) is 32.8. The van der Waals surface area contributed by atoms with Gasteiger partial charge in [-0.15, -0.1) is 0 Å². The van der Waals surface area contributed by atoms with Crippen LogP contribution in [0.4, 0.5) is 5.69 Å². The number of aromatic nitrogens is 1. The van der Waals surface area contributed by atoms with Crippen LogP contribution in [-0.4, -0.2) is 41.3 Å². The van der Waals surface area contributed by atoms with Gasteiger partial charge in [-0.1, -0.05) is 0 Å². The Bertz CT molecular complexity index is 774. The number of rotatable bonds is 1. The lowest BCUT2D eigenvalue weighted by atomic mass is 9.85. The van der Waals surface area contributed by atoms with E-state index in [-0.39, 0.29) is 17.2 Å². The molecule has 0 aliphatic carbocycles. The number of thiophene rings is 1. The van der Waals surface area contributed by atoms with Gasteiger partial charge in [-0.3, -0.25) is 14.6 Å². The Hall–Kier alpha value is -2.21. The van der Waals surface area contributed by atoms with Gasteiger partial charge < -0.3 is 9.80 Å². The number of fused-ring (bicyclic) bond motifs is 2. The SMILES string of the molecule is CC(=O)N1CCC2(C1)CN(C(=O)c1ccsc1)c1cccnc12. The van der Waals surface area contributed by atoms with Gasteiger partial charge in [0.2, 0.25) is 5.91 Å². The van der Waals surface area contributed by atoms with Gasteiger partial charge in [0, 0.05) is 38.1 Å². The van der Waals surface area contributed by atoms with Gasteiger partial charge in [0.15, 0.2) is 0 Å². The minimum atomic E-state index is -0.228. The van der Waals surface area contributed by atoms with Gasteiger partial charge >= 0.3 is 0 Å². The van der Waals surface area contributed by atoms with Crippen LogP contribution in [0.5, 0.6) is 0 Å². The zero-order chi connectivity index (χ0) is 16.0. The monoisotopic (exact) mass is 327 g/mol. The number of nitrogens with zero attached hydrogens (tertiary/aromatic N) is 3. The molecule has 0 radical (unpaired) electrons. The molecule has 6 heteroatoms. The fourth-order valence-corrected chi connectivity index (χ4v) is 4.30. The van der Waals surface area contributed by atoms with Gasteiger partial charge in [0.25, 0.3) is 5.91 Å². The number of hydrogen-bond donors (Lipinski definition) is 0. The molecule has 4 heterocycles. The number of hydrogen-bond acceptors (Lipinski definition) is 4. The highest BCUT2D eigenvalue weighted by atomic mass is 32.1. The highest BCUT2D eigenvalue weighted by molar-refractivity contribution is 7.08. The van der Waals surface area contributed by atoms with E-state index < -0.39 is 0 Å². The molecule has 0 aromatic carbocycles. The Kier molecular flexibility index (Phi) is 3.23. The number of likely N-dealkylation sites (tertiary alicyclic amines) is 1. The summed E-state index contributed by atoms with van der Waals surface area (Å²) in [5.74, 6) is 0.0978. The minimum Gasteiger partial charge on any atom is -0.342 e. The number of amides is 2. The molecular weight excluding hydrogens is 310 g/mol. The van der Waals surface area contributed by atoms with Crippen molar-refractivity contribution < 1.29 is 9.59 Å². The normalized spacial score (nSPS) is 22.7. The lowest BCUT2D eigenvalue weighted by molar-refractivity contribution is -0.127. The molecule has 1 fully saturated rings. The van der Waals surface area contributed by atoms with Gasteiger partial charge in [0.05, 0.1) is 22.4 Å². The first-order valence-electron chi connectivity index (χ1n) is 7.66. The van der Waals surface area contributed by atoms with Crippen LogP contribution in [0.2, 0.25) is 0 Å². The first-order chi connectivity index (χ1) is 11.1. The minimum absolute atomic E-state index is 0.0126. The van der Waals surface area contributed by atoms with Crippen molar-refractivity contribution in [3.8, 4) is 0 Å². The smallest absolute Gasteiger partial charge is 0.259 e. The van der Waals surface area contributed by atoms with E-state index in [9.17, 15) is 9.59 Å². The quantitative estimate of drug-likeness (QED) is 0.807. The number of pyridine rings is 1. The summed E-state index contributed by atoms with van der Waals surface area (Å²) in [6.45, 7) is 3.56. The van der Waals surface area contributed by atoms with Crippen molar-refractivity contribution in [2.24, 2.45) is 0 Å². The highest BCUT2D eigenvalue weighted by Gasteiger charge is 2.50. The number of carbonyl (C=O) groups is 2. The molecule has 2 aromatic heterocycles. The molecule has 1 spiro atoms. The van der Waals surface area contributed by atoms with Crippen molar-refractivity contribution >= 4 is 28.8 Å². The summed E-state index contributed by atoms with van der Waals surface area (Å²) >= 11 is 1.52. The van der Waals surface area contributed by atoms with Gasteiger partial charge in [-0.2, -0.15) is 11.3 Å². The highest BCUT2D eigenvalue weighted by Crippen LogP contribution is 2.45. The summed E-state index contributed by atoms with van der Waals surface area (Å²) in [5, 5.41) is 3.79. The molecule has 5 nitrogen and oxygen atoms in total. The van der Waals surface area contributed by atoms with Gasteiger partial charge in [-0.25, -0.2) is 0 Å². The summed E-state index contributed by atoms with van der Waals surface area (Å²) in [7, 11) is 0. The summed E-state index contributed by atoms with van der Waals surface area (Å²) in [6, 6.07) is 5.67. The van der Waals surface area contributed by atoms with Crippen LogP contribution in [-0.2, 0) is 10.2 Å². The van der Waals surface area contributed by atoms with Crippen molar-refractivity contribution in [1.82, 2.24) is 9.88 Å². The third-order valence-electron chi connectivity index (χ3n) is 4.85. The fraction of sp³-hybridized carbons (Fsp3) is 0.353. The molecule has 2 aromatic rings. The maximum atomic E-state index is 12.9. The predicted molar refractivity (Wildman–Crippen MR) is 88.8 cm³/mol. The van der Waals surface area contributed by atoms with E-state index in [1.807, 2.05) is 38.8 Å². The molecular formula is C17H17N3O2S. The number of carbonyl (C=O) groups excluding carboxylic acids is 2. The van der Waals surface area contributed by atoms with E-state index in [0.29, 0.717) is 18.7 Å². The summed E-state index contributed by atoms with van der Waals surface area (Å²) in [6.07, 6.45) is 2.62. The Morgan fingerprint density at radius 3 is 2.87 bits per heavy atom. The molecule has 0 bridgehead atoms. The fourth-order valence-electron chi connectivity index (χ4n) is 3.67. The second kappa shape index (κ2) is 5.16. The largest absolute Gasteiger partial charge is 0.342 e. The summed E-state index contributed by atoms with van der Waals surface area (Å²) in [5.41, 5.74) is 2.32. The van der Waals surface area contributed by atoms with Crippen molar-refractivity contribution in [3.05, 3.63) is 46.4 Å². The van der Waals surface area contributed by atoms with Crippen LogP contribution in [0, 0.1) is 0 Å². The van der Waals surface area contributed by atoms with E-state index in [4.69, 9.17) is 0 Å². The van der Waals surface area contributed by atoms with E-state index in [1.165, 1.54) is 11.3 Å². The molecule has 0 N–H and O–H groups in total. The third kappa shape index (κ3) is 2.16. The van der Waals surface area contributed by atoms with E-state index in [0.717, 1.165) is 24.3 Å². The zero-order valence-corrected chi connectivity index (χ0v) is 13.7. The summed E-state index contributed by atoms with van der Waals surface area (Å²) < 4.78 is 0. The van der Waals surface area contributed by atoms with Crippen LogP contribution in [0.25, 0.3) is 0 Å². The Balaban J connectivity index is 1.73. The maximum absolute atomic E-state index is 12.9. The first kappa shape index (κ1) is 14.4. The average Bonchev–Trinajstić information content (AvgIpc) is 3.28. The Morgan fingerprint density at radius 2 is 2.17 bits per heavy atom. The maximum Gasteiger partial charge on any atom is 0.259 e. The standard InChI is InChI=1S/C17H17N3O2S/c1-12(21)19-7-5-17(10-19)11-20(14-3-2-6-18-15(14)17)16(22)13-4-8-23-9-13/h2-4,6,8-9H,5,7,10-11H2,1H3. The van der Waals surface area contributed by atoms with E-state index >= 15 is 0 Å². The zero-order valence-electron chi connectivity index (χ0n) is 12.9. The van der Waals surface area contributed by atoms with Crippen LogP contribution in [0.1, 0.15) is 29.4 Å². The molecule has 1 saturated heterocycles. The third-order valence-corrected chi connectivity index (χ3v) is 5.54. The Labute approximate surface area is 138 Å². The van der Waals surface area contributed by atoms with Crippen molar-refractivity contribution in [3.63, 3.8) is 0 Å².